The highest BCUT2D eigenvalue weighted by Crippen LogP contribution is 2.19. The zero-order valence-corrected chi connectivity index (χ0v) is 18.5. The van der Waals surface area contributed by atoms with Crippen LogP contribution in [0.15, 0.2) is 84.9 Å². The Kier molecular flexibility index (Phi) is 8.31. The third-order valence-corrected chi connectivity index (χ3v) is 5.32. The Morgan fingerprint density at radius 2 is 1.29 bits per heavy atom. The highest BCUT2D eigenvalue weighted by molar-refractivity contribution is 5.95. The van der Waals surface area contributed by atoms with Gasteiger partial charge in [-0.2, -0.15) is 0 Å². The van der Waals surface area contributed by atoms with Gasteiger partial charge < -0.3 is 26.0 Å². The SMILES string of the molecule is O=C(O)c1ccc(C[C@H](NC(=O)[C@H](O)[C@@H](NC(=O)c2ccccc2)c2ccccc2)C(=O)O)cc1. The van der Waals surface area contributed by atoms with Crippen molar-refractivity contribution in [2.75, 3.05) is 0 Å². The molecule has 9 nitrogen and oxygen atoms in total. The second-order valence-electron chi connectivity index (χ2n) is 7.78. The predicted molar refractivity (Wildman–Crippen MR) is 126 cm³/mol. The van der Waals surface area contributed by atoms with Crippen LogP contribution < -0.4 is 10.6 Å². The summed E-state index contributed by atoms with van der Waals surface area (Å²) in [5, 5.41) is 34.4. The number of aliphatic hydroxyl groups excluding tert-OH is 1. The monoisotopic (exact) mass is 476 g/mol. The molecule has 9 heteroatoms. The minimum Gasteiger partial charge on any atom is -0.480 e. The largest absolute Gasteiger partial charge is 0.480 e. The lowest BCUT2D eigenvalue weighted by Gasteiger charge is -2.25. The summed E-state index contributed by atoms with van der Waals surface area (Å²) in [4.78, 5) is 48.4. The molecule has 0 aliphatic carbocycles. The third-order valence-electron chi connectivity index (χ3n) is 5.32. The zero-order chi connectivity index (χ0) is 25.4. The van der Waals surface area contributed by atoms with Gasteiger partial charge in [-0.1, -0.05) is 60.7 Å². The Hall–Kier alpha value is -4.50. The average molecular weight is 476 g/mol. The summed E-state index contributed by atoms with van der Waals surface area (Å²) < 4.78 is 0. The molecular formula is C26H24N2O7. The van der Waals surface area contributed by atoms with Crippen LogP contribution in [-0.2, 0) is 16.0 Å². The average Bonchev–Trinajstić information content (AvgIpc) is 2.87. The lowest BCUT2D eigenvalue weighted by atomic mass is 9.99. The molecule has 0 radical (unpaired) electrons. The van der Waals surface area contributed by atoms with Crippen LogP contribution in [0.5, 0.6) is 0 Å². The molecule has 3 aromatic carbocycles. The molecule has 2 amide bonds. The first-order chi connectivity index (χ1) is 16.8. The third kappa shape index (κ3) is 6.75. The van der Waals surface area contributed by atoms with E-state index in [0.29, 0.717) is 16.7 Å². The Morgan fingerprint density at radius 1 is 0.714 bits per heavy atom. The molecule has 180 valence electrons. The van der Waals surface area contributed by atoms with E-state index in [4.69, 9.17) is 5.11 Å². The van der Waals surface area contributed by atoms with E-state index in [9.17, 15) is 29.4 Å². The van der Waals surface area contributed by atoms with Crippen LogP contribution in [0.4, 0.5) is 0 Å². The lowest BCUT2D eigenvalue weighted by Crippen LogP contribution is -2.50. The van der Waals surface area contributed by atoms with Crippen LogP contribution in [0.3, 0.4) is 0 Å². The molecule has 5 N–H and O–H groups in total. The van der Waals surface area contributed by atoms with E-state index in [2.05, 4.69) is 10.6 Å². The quantitative estimate of drug-likeness (QED) is 0.300. The van der Waals surface area contributed by atoms with E-state index in [0.717, 1.165) is 0 Å². The first kappa shape index (κ1) is 25.1. The number of carboxylic acids is 2. The van der Waals surface area contributed by atoms with Crippen LogP contribution in [0.1, 0.15) is 37.9 Å². The van der Waals surface area contributed by atoms with Gasteiger partial charge in [-0.25, -0.2) is 9.59 Å². The minimum absolute atomic E-state index is 0.0416. The van der Waals surface area contributed by atoms with Crippen molar-refractivity contribution in [3.8, 4) is 0 Å². The number of aliphatic hydroxyl groups is 1. The van der Waals surface area contributed by atoms with Crippen LogP contribution in [-0.4, -0.2) is 51.2 Å². The fraction of sp³-hybridized carbons (Fsp3) is 0.154. The highest BCUT2D eigenvalue weighted by Gasteiger charge is 2.32. The van der Waals surface area contributed by atoms with Gasteiger partial charge in [0.25, 0.3) is 11.8 Å². The summed E-state index contributed by atoms with van der Waals surface area (Å²) in [5.74, 6) is -3.95. The van der Waals surface area contributed by atoms with Crippen molar-refractivity contribution in [3.05, 3.63) is 107 Å². The first-order valence-electron chi connectivity index (χ1n) is 10.7. The van der Waals surface area contributed by atoms with Crippen molar-refractivity contribution >= 4 is 23.8 Å². The molecule has 0 bridgehead atoms. The normalized spacial score (nSPS) is 13.2. The number of aliphatic carboxylic acids is 1. The van der Waals surface area contributed by atoms with Crippen molar-refractivity contribution < 1.29 is 34.5 Å². The first-order valence-corrected chi connectivity index (χ1v) is 10.7. The summed E-state index contributed by atoms with van der Waals surface area (Å²) in [6.45, 7) is 0. The molecule has 0 aromatic heterocycles. The molecule has 0 fully saturated rings. The maximum Gasteiger partial charge on any atom is 0.335 e. The van der Waals surface area contributed by atoms with E-state index in [1.54, 1.807) is 60.7 Å². The molecule has 35 heavy (non-hydrogen) atoms. The maximum atomic E-state index is 12.9. The number of carboxylic acid groups (broad SMARTS) is 2. The summed E-state index contributed by atoms with van der Waals surface area (Å²) in [5.41, 5.74) is 1.30. The standard InChI is InChI=1S/C26H24N2O7/c29-22(21(17-7-3-1-4-8-17)28-23(30)18-9-5-2-6-10-18)24(31)27-20(26(34)35)15-16-11-13-19(14-12-16)25(32)33/h1-14,20-22,29H,15H2,(H,27,31)(H,28,30)(H,32,33)(H,34,35)/t20-,21-,22+/m0/s1. The minimum atomic E-state index is -1.79. The van der Waals surface area contributed by atoms with Crippen molar-refractivity contribution in [3.63, 3.8) is 0 Å². The maximum absolute atomic E-state index is 12.9. The molecule has 0 heterocycles. The fourth-order valence-corrected chi connectivity index (χ4v) is 3.45. The molecular weight excluding hydrogens is 452 g/mol. The molecule has 0 spiro atoms. The second-order valence-corrected chi connectivity index (χ2v) is 7.78. The number of aromatic carboxylic acids is 1. The zero-order valence-electron chi connectivity index (χ0n) is 18.5. The Labute approximate surface area is 201 Å². The van der Waals surface area contributed by atoms with Gasteiger partial charge in [0.05, 0.1) is 11.6 Å². The van der Waals surface area contributed by atoms with E-state index >= 15 is 0 Å². The fourth-order valence-electron chi connectivity index (χ4n) is 3.45. The number of rotatable bonds is 10. The second kappa shape index (κ2) is 11.6. The smallest absolute Gasteiger partial charge is 0.335 e. The molecule has 0 saturated carbocycles. The van der Waals surface area contributed by atoms with Crippen molar-refractivity contribution in [1.29, 1.82) is 0 Å². The van der Waals surface area contributed by atoms with Gasteiger partial charge in [0.2, 0.25) is 0 Å². The number of carbonyl (C=O) groups is 4. The van der Waals surface area contributed by atoms with Gasteiger partial charge in [0.1, 0.15) is 6.04 Å². The van der Waals surface area contributed by atoms with Crippen LogP contribution >= 0.6 is 0 Å². The number of nitrogens with one attached hydrogen (secondary N) is 2. The van der Waals surface area contributed by atoms with Gasteiger partial charge in [-0.05, 0) is 35.4 Å². The van der Waals surface area contributed by atoms with Crippen molar-refractivity contribution in [2.45, 2.75) is 24.6 Å². The molecule has 3 atom stereocenters. The van der Waals surface area contributed by atoms with E-state index < -0.39 is 41.9 Å². The van der Waals surface area contributed by atoms with Crippen LogP contribution in [0.25, 0.3) is 0 Å². The molecule has 0 aliphatic rings. The van der Waals surface area contributed by atoms with Gasteiger partial charge in [-0.15, -0.1) is 0 Å². The predicted octanol–water partition coefficient (Wildman–Crippen LogP) is 2.03. The molecule has 0 unspecified atom stereocenters. The number of hydrogen-bond acceptors (Lipinski definition) is 5. The van der Waals surface area contributed by atoms with E-state index in [1.165, 1.54) is 24.3 Å². The molecule has 0 aliphatic heterocycles. The summed E-state index contributed by atoms with van der Waals surface area (Å²) in [7, 11) is 0. The highest BCUT2D eigenvalue weighted by atomic mass is 16.4. The summed E-state index contributed by atoms with van der Waals surface area (Å²) in [6.07, 6.45) is -1.93. The number of carbonyl (C=O) groups excluding carboxylic acids is 2. The molecule has 3 rings (SSSR count). The number of hydrogen-bond donors (Lipinski definition) is 5. The summed E-state index contributed by atoms with van der Waals surface area (Å²) in [6, 6.07) is 19.7. The Bertz CT molecular complexity index is 1180. The van der Waals surface area contributed by atoms with Gasteiger partial charge in [0.15, 0.2) is 6.10 Å². The number of benzene rings is 3. The molecule has 0 saturated heterocycles. The number of amides is 2. The van der Waals surface area contributed by atoms with Crippen molar-refractivity contribution in [1.82, 2.24) is 10.6 Å². The van der Waals surface area contributed by atoms with Gasteiger partial charge >= 0.3 is 11.9 Å². The van der Waals surface area contributed by atoms with Crippen molar-refractivity contribution in [2.24, 2.45) is 0 Å². The van der Waals surface area contributed by atoms with Crippen LogP contribution in [0.2, 0.25) is 0 Å². The van der Waals surface area contributed by atoms with Gasteiger partial charge in [0, 0.05) is 12.0 Å². The van der Waals surface area contributed by atoms with E-state index in [-0.39, 0.29) is 12.0 Å². The van der Waals surface area contributed by atoms with E-state index in [1.807, 2.05) is 0 Å². The van der Waals surface area contributed by atoms with Crippen LogP contribution in [0, 0.1) is 0 Å². The van der Waals surface area contributed by atoms with Gasteiger partial charge in [-0.3, -0.25) is 9.59 Å². The Morgan fingerprint density at radius 3 is 1.83 bits per heavy atom. The Balaban J connectivity index is 1.77. The lowest BCUT2D eigenvalue weighted by molar-refractivity contribution is -0.143. The topological polar surface area (TPSA) is 153 Å². The summed E-state index contributed by atoms with van der Waals surface area (Å²) >= 11 is 0. The molecule has 3 aromatic rings.